The van der Waals surface area contributed by atoms with Crippen molar-refractivity contribution in [2.24, 2.45) is 0 Å². The molecule has 0 saturated heterocycles. The maximum atomic E-state index is 6.25. The number of rotatable bonds is 5. The lowest BCUT2D eigenvalue weighted by atomic mass is 10.1. The van der Waals surface area contributed by atoms with E-state index in [1.165, 1.54) is 0 Å². The second kappa shape index (κ2) is 6.28. The predicted octanol–water partition coefficient (Wildman–Crippen LogP) is 3.14. The van der Waals surface area contributed by atoms with Crippen LogP contribution < -0.4 is 0 Å². The van der Waals surface area contributed by atoms with Gasteiger partial charge >= 0.3 is 0 Å². The van der Waals surface area contributed by atoms with Crippen LogP contribution in [0.1, 0.15) is 10.9 Å². The Morgan fingerprint density at radius 1 is 1.29 bits per heavy atom. The van der Waals surface area contributed by atoms with Gasteiger partial charge in [0, 0.05) is 19.0 Å². The highest BCUT2D eigenvalue weighted by Crippen LogP contribution is 2.20. The van der Waals surface area contributed by atoms with E-state index in [2.05, 4.69) is 4.90 Å². The minimum absolute atomic E-state index is 0.0458. The number of hydrogen-bond acceptors (Lipinski definition) is 1. The van der Waals surface area contributed by atoms with Crippen LogP contribution in [-0.2, 0) is 0 Å². The summed E-state index contributed by atoms with van der Waals surface area (Å²) < 4.78 is 0. The van der Waals surface area contributed by atoms with Crippen molar-refractivity contribution < 1.29 is 0 Å². The van der Waals surface area contributed by atoms with Gasteiger partial charge in [-0.25, -0.2) is 0 Å². The monoisotopic (exact) mass is 231 g/mol. The summed E-state index contributed by atoms with van der Waals surface area (Å²) in [5.74, 6) is 0.648. The Morgan fingerprint density at radius 2 is 1.93 bits per heavy atom. The molecule has 0 aromatic heterocycles. The molecule has 0 bridgehead atoms. The van der Waals surface area contributed by atoms with E-state index in [1.54, 1.807) is 0 Å². The number of nitrogens with zero attached hydrogens (tertiary/aromatic N) is 1. The van der Waals surface area contributed by atoms with Crippen molar-refractivity contribution in [3.63, 3.8) is 0 Å². The highest BCUT2D eigenvalue weighted by atomic mass is 35.5. The molecule has 1 aromatic rings. The van der Waals surface area contributed by atoms with Gasteiger partial charge in [0.25, 0.3) is 0 Å². The fourth-order valence-electron chi connectivity index (χ4n) is 1.28. The molecule has 1 rings (SSSR count). The molecule has 1 aromatic carbocycles. The van der Waals surface area contributed by atoms with Gasteiger partial charge in [0.05, 0.1) is 5.38 Å². The summed E-state index contributed by atoms with van der Waals surface area (Å²) in [5.41, 5.74) is 1.16. The standard InChI is InChI=1S/C11H15Cl2N/c1-14(8-7-12)9-11(13)10-5-3-2-4-6-10/h2-6,11H,7-9H2,1H3. The average molecular weight is 232 g/mol. The molecular weight excluding hydrogens is 217 g/mol. The van der Waals surface area contributed by atoms with Gasteiger partial charge in [0.1, 0.15) is 0 Å². The second-order valence-corrected chi connectivity index (χ2v) is 4.23. The van der Waals surface area contributed by atoms with E-state index in [1.807, 2.05) is 37.4 Å². The molecule has 0 fully saturated rings. The Kier molecular flexibility index (Phi) is 5.31. The molecule has 14 heavy (non-hydrogen) atoms. The van der Waals surface area contributed by atoms with Crippen LogP contribution in [0.3, 0.4) is 0 Å². The van der Waals surface area contributed by atoms with E-state index in [9.17, 15) is 0 Å². The van der Waals surface area contributed by atoms with E-state index in [4.69, 9.17) is 23.2 Å². The fraction of sp³-hybridized carbons (Fsp3) is 0.455. The summed E-state index contributed by atoms with van der Waals surface area (Å²) in [7, 11) is 2.03. The summed E-state index contributed by atoms with van der Waals surface area (Å²) in [5, 5.41) is 0.0458. The van der Waals surface area contributed by atoms with Gasteiger partial charge in [-0.05, 0) is 12.6 Å². The van der Waals surface area contributed by atoms with Crippen LogP contribution >= 0.6 is 23.2 Å². The molecule has 1 atom stereocenters. The topological polar surface area (TPSA) is 3.24 Å². The van der Waals surface area contributed by atoms with E-state index in [0.29, 0.717) is 5.88 Å². The Bertz CT molecular complexity index is 251. The van der Waals surface area contributed by atoms with Crippen molar-refractivity contribution >= 4 is 23.2 Å². The van der Waals surface area contributed by atoms with E-state index in [0.717, 1.165) is 18.7 Å². The van der Waals surface area contributed by atoms with Gasteiger partial charge in [0.15, 0.2) is 0 Å². The maximum absolute atomic E-state index is 6.25. The zero-order valence-corrected chi connectivity index (χ0v) is 9.80. The summed E-state index contributed by atoms with van der Waals surface area (Å²) in [6.45, 7) is 1.70. The van der Waals surface area contributed by atoms with Crippen LogP contribution in [-0.4, -0.2) is 30.9 Å². The fourth-order valence-corrected chi connectivity index (χ4v) is 1.95. The molecule has 0 amide bonds. The molecule has 0 N–H and O–H groups in total. The zero-order valence-electron chi connectivity index (χ0n) is 8.29. The molecule has 0 aliphatic carbocycles. The second-order valence-electron chi connectivity index (χ2n) is 3.33. The minimum atomic E-state index is 0.0458. The van der Waals surface area contributed by atoms with Gasteiger partial charge in [-0.15, -0.1) is 23.2 Å². The van der Waals surface area contributed by atoms with Crippen molar-refractivity contribution in [1.29, 1.82) is 0 Å². The molecule has 0 heterocycles. The Labute approximate surface area is 95.6 Å². The Hall–Kier alpha value is -0.240. The van der Waals surface area contributed by atoms with E-state index < -0.39 is 0 Å². The lowest BCUT2D eigenvalue weighted by molar-refractivity contribution is 0.355. The van der Waals surface area contributed by atoms with Crippen LogP contribution in [0.5, 0.6) is 0 Å². The van der Waals surface area contributed by atoms with Crippen LogP contribution in [0.2, 0.25) is 0 Å². The number of benzene rings is 1. The largest absolute Gasteiger partial charge is 0.303 e. The third kappa shape index (κ3) is 3.87. The normalized spacial score (nSPS) is 13.1. The van der Waals surface area contributed by atoms with Gasteiger partial charge in [0.2, 0.25) is 0 Å². The smallest absolute Gasteiger partial charge is 0.0712 e. The lowest BCUT2D eigenvalue weighted by Gasteiger charge is -2.18. The highest BCUT2D eigenvalue weighted by molar-refractivity contribution is 6.21. The summed E-state index contributed by atoms with van der Waals surface area (Å²) in [4.78, 5) is 2.14. The third-order valence-corrected chi connectivity index (χ3v) is 2.66. The van der Waals surface area contributed by atoms with Crippen LogP contribution in [0, 0.1) is 0 Å². The van der Waals surface area contributed by atoms with Gasteiger partial charge < -0.3 is 4.90 Å². The average Bonchev–Trinajstić information content (AvgIpc) is 2.19. The van der Waals surface area contributed by atoms with E-state index >= 15 is 0 Å². The van der Waals surface area contributed by atoms with Crippen molar-refractivity contribution in [1.82, 2.24) is 4.90 Å². The molecular formula is C11H15Cl2N. The number of hydrogen-bond donors (Lipinski definition) is 0. The predicted molar refractivity (Wildman–Crippen MR) is 63.3 cm³/mol. The summed E-state index contributed by atoms with van der Waals surface area (Å²) in [6, 6.07) is 10.1. The van der Waals surface area contributed by atoms with Gasteiger partial charge in [-0.1, -0.05) is 30.3 Å². The summed E-state index contributed by atoms with van der Waals surface area (Å²) in [6.07, 6.45) is 0. The zero-order chi connectivity index (χ0) is 10.4. The van der Waals surface area contributed by atoms with Crippen molar-refractivity contribution in [2.45, 2.75) is 5.38 Å². The molecule has 0 aliphatic rings. The maximum Gasteiger partial charge on any atom is 0.0712 e. The lowest BCUT2D eigenvalue weighted by Crippen LogP contribution is -2.24. The highest BCUT2D eigenvalue weighted by Gasteiger charge is 2.09. The first-order valence-electron chi connectivity index (χ1n) is 4.67. The number of likely N-dealkylation sites (N-methyl/N-ethyl adjacent to an activating group) is 1. The van der Waals surface area contributed by atoms with Crippen LogP contribution in [0.25, 0.3) is 0 Å². The first kappa shape index (κ1) is 11.8. The number of alkyl halides is 2. The number of halogens is 2. The van der Waals surface area contributed by atoms with Crippen molar-refractivity contribution in [3.05, 3.63) is 35.9 Å². The molecule has 3 heteroatoms. The molecule has 0 spiro atoms. The third-order valence-electron chi connectivity index (χ3n) is 2.10. The van der Waals surface area contributed by atoms with Gasteiger partial charge in [-0.2, -0.15) is 0 Å². The van der Waals surface area contributed by atoms with Crippen molar-refractivity contribution in [3.8, 4) is 0 Å². The molecule has 1 nitrogen and oxygen atoms in total. The molecule has 0 saturated carbocycles. The molecule has 0 radical (unpaired) electrons. The van der Waals surface area contributed by atoms with Crippen LogP contribution in [0.4, 0.5) is 0 Å². The van der Waals surface area contributed by atoms with Crippen molar-refractivity contribution in [2.75, 3.05) is 26.0 Å². The van der Waals surface area contributed by atoms with Gasteiger partial charge in [-0.3, -0.25) is 0 Å². The molecule has 0 aliphatic heterocycles. The van der Waals surface area contributed by atoms with E-state index in [-0.39, 0.29) is 5.38 Å². The first-order chi connectivity index (χ1) is 6.74. The Balaban J connectivity index is 2.46. The summed E-state index contributed by atoms with van der Waals surface area (Å²) >= 11 is 11.9. The van der Waals surface area contributed by atoms with Crippen LogP contribution in [0.15, 0.2) is 30.3 Å². The minimum Gasteiger partial charge on any atom is -0.303 e. The Morgan fingerprint density at radius 3 is 2.50 bits per heavy atom. The molecule has 1 unspecified atom stereocenters. The SMILES string of the molecule is CN(CCCl)CC(Cl)c1ccccc1. The quantitative estimate of drug-likeness (QED) is 0.705. The molecule has 78 valence electrons. The first-order valence-corrected chi connectivity index (χ1v) is 5.64.